The number of rotatable bonds is 4. The van der Waals surface area contributed by atoms with Crippen molar-refractivity contribution >= 4 is 27.9 Å². The number of aromatic nitrogens is 1. The molecule has 1 heterocycles. The van der Waals surface area contributed by atoms with Gasteiger partial charge in [-0.3, -0.25) is 0 Å². The van der Waals surface area contributed by atoms with E-state index in [1.807, 2.05) is 7.05 Å². The Balaban J connectivity index is 2.22. The molecule has 0 radical (unpaired) electrons. The van der Waals surface area contributed by atoms with Crippen LogP contribution in [0.1, 0.15) is 19.4 Å². The van der Waals surface area contributed by atoms with Crippen molar-refractivity contribution in [2.45, 2.75) is 20.4 Å². The third-order valence-electron chi connectivity index (χ3n) is 3.98. The molecular weight excluding hydrogens is 256 g/mol. The first-order chi connectivity index (χ1) is 10.2. The van der Waals surface area contributed by atoms with Gasteiger partial charge in [-0.1, -0.05) is 35.9 Å². The molecule has 0 saturated heterocycles. The molecule has 2 heteroatoms. The lowest BCUT2D eigenvalue weighted by molar-refractivity contribution is 0.827. The number of likely N-dealkylation sites (N-methyl/N-ethyl adjacent to an activating group) is 1. The Bertz CT molecular complexity index is 809. The summed E-state index contributed by atoms with van der Waals surface area (Å²) in [4.78, 5) is 0. The van der Waals surface area contributed by atoms with Gasteiger partial charge >= 0.3 is 0 Å². The van der Waals surface area contributed by atoms with Crippen LogP contribution >= 0.6 is 0 Å². The minimum atomic E-state index is 0.925. The normalized spacial score (nSPS) is 12.4. The quantitative estimate of drug-likeness (QED) is 0.746. The van der Waals surface area contributed by atoms with Crippen LogP contribution in [0.2, 0.25) is 0 Å². The number of nitrogens with one attached hydrogen (secondary N) is 1. The molecule has 2 aromatic carbocycles. The standard InChI is InChI=1S/C19H22N2/c1-4-21-18-8-6-5-7-16(18)17-12-15(9-10-19(17)21)11-14(2)13-20-3/h5-12,20H,4,13H2,1-3H3. The van der Waals surface area contributed by atoms with Gasteiger partial charge < -0.3 is 9.88 Å². The molecule has 0 atom stereocenters. The summed E-state index contributed by atoms with van der Waals surface area (Å²) in [6, 6.07) is 15.4. The fourth-order valence-corrected chi connectivity index (χ4v) is 3.12. The van der Waals surface area contributed by atoms with E-state index in [2.05, 4.69) is 72.3 Å². The Hall–Kier alpha value is -2.06. The second kappa shape index (κ2) is 5.74. The van der Waals surface area contributed by atoms with E-state index in [4.69, 9.17) is 0 Å². The van der Waals surface area contributed by atoms with Crippen LogP contribution < -0.4 is 5.32 Å². The highest BCUT2D eigenvalue weighted by molar-refractivity contribution is 6.08. The molecule has 0 aliphatic carbocycles. The smallest absolute Gasteiger partial charge is 0.0491 e. The van der Waals surface area contributed by atoms with Gasteiger partial charge in [-0.25, -0.2) is 0 Å². The number of fused-ring (bicyclic) bond motifs is 3. The van der Waals surface area contributed by atoms with Gasteiger partial charge in [-0.2, -0.15) is 0 Å². The summed E-state index contributed by atoms with van der Waals surface area (Å²) < 4.78 is 2.39. The van der Waals surface area contributed by atoms with Crippen molar-refractivity contribution in [2.75, 3.05) is 13.6 Å². The number of hydrogen-bond donors (Lipinski definition) is 1. The highest BCUT2D eigenvalue weighted by Crippen LogP contribution is 2.30. The van der Waals surface area contributed by atoms with E-state index in [9.17, 15) is 0 Å². The maximum Gasteiger partial charge on any atom is 0.0491 e. The summed E-state index contributed by atoms with van der Waals surface area (Å²) in [6.45, 7) is 6.29. The average Bonchev–Trinajstić information content (AvgIpc) is 2.81. The highest BCUT2D eigenvalue weighted by atomic mass is 15.0. The molecule has 0 fully saturated rings. The van der Waals surface area contributed by atoms with E-state index in [1.54, 1.807) is 0 Å². The van der Waals surface area contributed by atoms with Crippen LogP contribution in [0.3, 0.4) is 0 Å². The van der Waals surface area contributed by atoms with Crippen LogP contribution in [-0.4, -0.2) is 18.2 Å². The second-order valence-corrected chi connectivity index (χ2v) is 5.56. The molecule has 0 aliphatic rings. The minimum absolute atomic E-state index is 0.925. The second-order valence-electron chi connectivity index (χ2n) is 5.56. The van der Waals surface area contributed by atoms with Gasteiger partial charge in [0, 0.05) is 34.9 Å². The molecule has 0 amide bonds. The number of aryl methyl sites for hydroxylation is 1. The van der Waals surface area contributed by atoms with Crippen molar-refractivity contribution in [2.24, 2.45) is 0 Å². The minimum Gasteiger partial charge on any atom is -0.341 e. The van der Waals surface area contributed by atoms with Gasteiger partial charge in [0.1, 0.15) is 0 Å². The first-order valence-electron chi connectivity index (χ1n) is 7.57. The first-order valence-corrected chi connectivity index (χ1v) is 7.57. The van der Waals surface area contributed by atoms with Crippen LogP contribution in [0.4, 0.5) is 0 Å². The zero-order valence-corrected chi connectivity index (χ0v) is 13.0. The van der Waals surface area contributed by atoms with E-state index in [0.717, 1.165) is 13.1 Å². The van der Waals surface area contributed by atoms with Gasteiger partial charge in [-0.05, 0) is 44.7 Å². The Labute approximate surface area is 126 Å². The Kier molecular flexibility index (Phi) is 3.80. The van der Waals surface area contributed by atoms with Crippen molar-refractivity contribution in [3.8, 4) is 0 Å². The molecule has 2 nitrogen and oxygen atoms in total. The molecule has 3 aromatic rings. The lowest BCUT2D eigenvalue weighted by Gasteiger charge is -2.03. The monoisotopic (exact) mass is 278 g/mol. The van der Waals surface area contributed by atoms with Crippen LogP contribution in [0.25, 0.3) is 27.9 Å². The summed E-state index contributed by atoms with van der Waals surface area (Å²) in [5.74, 6) is 0. The van der Waals surface area contributed by atoms with Gasteiger partial charge in [0.2, 0.25) is 0 Å². The maximum atomic E-state index is 3.20. The predicted octanol–water partition coefficient (Wildman–Crippen LogP) is 4.44. The number of benzene rings is 2. The topological polar surface area (TPSA) is 17.0 Å². The van der Waals surface area contributed by atoms with Gasteiger partial charge in [-0.15, -0.1) is 0 Å². The van der Waals surface area contributed by atoms with Crippen molar-refractivity contribution in [3.05, 3.63) is 53.6 Å². The van der Waals surface area contributed by atoms with Gasteiger partial charge in [0.05, 0.1) is 0 Å². The molecule has 21 heavy (non-hydrogen) atoms. The van der Waals surface area contributed by atoms with Crippen LogP contribution in [0.5, 0.6) is 0 Å². The van der Waals surface area contributed by atoms with E-state index >= 15 is 0 Å². The zero-order valence-electron chi connectivity index (χ0n) is 13.0. The number of nitrogens with zero attached hydrogens (tertiary/aromatic N) is 1. The molecule has 0 unspecified atom stereocenters. The molecule has 0 spiro atoms. The molecule has 1 aromatic heterocycles. The van der Waals surface area contributed by atoms with Crippen molar-refractivity contribution in [1.29, 1.82) is 0 Å². The fourth-order valence-electron chi connectivity index (χ4n) is 3.12. The summed E-state index contributed by atoms with van der Waals surface area (Å²) in [6.07, 6.45) is 2.26. The predicted molar refractivity (Wildman–Crippen MR) is 92.7 cm³/mol. The average molecular weight is 278 g/mol. The SMILES string of the molecule is CCn1c2ccccc2c2cc(C=C(C)CNC)ccc21. The van der Waals surface area contributed by atoms with Crippen molar-refractivity contribution < 1.29 is 0 Å². The zero-order chi connectivity index (χ0) is 14.8. The maximum absolute atomic E-state index is 3.20. The molecule has 3 rings (SSSR count). The molecule has 1 N–H and O–H groups in total. The lowest BCUT2D eigenvalue weighted by atomic mass is 10.1. The van der Waals surface area contributed by atoms with Crippen molar-refractivity contribution in [3.63, 3.8) is 0 Å². The Morgan fingerprint density at radius 2 is 1.86 bits per heavy atom. The largest absolute Gasteiger partial charge is 0.341 e. The van der Waals surface area contributed by atoms with Crippen LogP contribution in [0.15, 0.2) is 48.0 Å². The van der Waals surface area contributed by atoms with Gasteiger partial charge in [0.15, 0.2) is 0 Å². The van der Waals surface area contributed by atoms with E-state index in [0.29, 0.717) is 0 Å². The first kappa shape index (κ1) is 13.9. The molecule has 0 saturated carbocycles. The Morgan fingerprint density at radius 3 is 2.62 bits per heavy atom. The van der Waals surface area contributed by atoms with Gasteiger partial charge in [0.25, 0.3) is 0 Å². The van der Waals surface area contributed by atoms with Crippen LogP contribution in [-0.2, 0) is 6.54 Å². The Morgan fingerprint density at radius 1 is 1.10 bits per heavy atom. The lowest BCUT2D eigenvalue weighted by Crippen LogP contribution is -2.08. The summed E-state index contributed by atoms with van der Waals surface area (Å²) in [5, 5.41) is 5.88. The highest BCUT2D eigenvalue weighted by Gasteiger charge is 2.08. The number of para-hydroxylation sites is 1. The van der Waals surface area contributed by atoms with Crippen molar-refractivity contribution in [1.82, 2.24) is 9.88 Å². The summed E-state index contributed by atoms with van der Waals surface area (Å²) >= 11 is 0. The third kappa shape index (κ3) is 2.47. The van der Waals surface area contributed by atoms with Crippen LogP contribution in [0, 0.1) is 0 Å². The molecule has 0 bridgehead atoms. The molecule has 0 aliphatic heterocycles. The number of hydrogen-bond acceptors (Lipinski definition) is 1. The van der Waals surface area contributed by atoms with E-state index < -0.39 is 0 Å². The molecule has 108 valence electrons. The molecular formula is C19H22N2. The summed E-state index contributed by atoms with van der Waals surface area (Å²) in [7, 11) is 1.98. The summed E-state index contributed by atoms with van der Waals surface area (Å²) in [5.41, 5.74) is 5.26. The van der Waals surface area contributed by atoms with E-state index in [-0.39, 0.29) is 0 Å². The fraction of sp³-hybridized carbons (Fsp3) is 0.263. The van der Waals surface area contributed by atoms with E-state index in [1.165, 1.54) is 32.9 Å². The third-order valence-corrected chi connectivity index (χ3v) is 3.98.